The van der Waals surface area contributed by atoms with Gasteiger partial charge in [-0.15, -0.1) is 0 Å². The molecule has 1 fully saturated rings. The Morgan fingerprint density at radius 2 is 1.75 bits per heavy atom. The van der Waals surface area contributed by atoms with Crippen molar-refractivity contribution in [3.63, 3.8) is 0 Å². The van der Waals surface area contributed by atoms with Crippen LogP contribution in [-0.4, -0.2) is 50.8 Å². The van der Waals surface area contributed by atoms with Crippen LogP contribution in [0.4, 0.5) is 10.5 Å². The SMILES string of the molecule is COc1ccccc1CCNC(=O)c1ccccc1N1CCC(NC(=O)NC(C)C)CC1. The van der Waals surface area contributed by atoms with Crippen molar-refractivity contribution >= 4 is 17.6 Å². The standard InChI is InChI=1S/C25H34N4O3/c1-18(2)27-25(31)28-20-13-16-29(17-14-20)22-10-6-5-9-21(22)24(30)26-15-12-19-8-4-7-11-23(19)32-3/h4-11,18,20H,12-17H2,1-3H3,(H,26,30)(H2,27,28,31). The van der Waals surface area contributed by atoms with Crippen LogP contribution < -0.4 is 25.6 Å². The molecule has 7 nitrogen and oxygen atoms in total. The number of benzene rings is 2. The van der Waals surface area contributed by atoms with Crippen molar-refractivity contribution in [3.8, 4) is 5.75 Å². The molecule has 1 aliphatic rings. The zero-order valence-corrected chi connectivity index (χ0v) is 19.2. The lowest BCUT2D eigenvalue weighted by molar-refractivity contribution is 0.0954. The van der Waals surface area contributed by atoms with E-state index in [1.54, 1.807) is 7.11 Å². The van der Waals surface area contributed by atoms with Crippen LogP contribution in [0.25, 0.3) is 0 Å². The summed E-state index contributed by atoms with van der Waals surface area (Å²) in [4.78, 5) is 27.1. The molecule has 7 heteroatoms. The summed E-state index contributed by atoms with van der Waals surface area (Å²) >= 11 is 0. The van der Waals surface area contributed by atoms with E-state index in [9.17, 15) is 9.59 Å². The number of ether oxygens (including phenoxy) is 1. The average molecular weight is 439 g/mol. The first kappa shape index (κ1) is 23.4. The minimum atomic E-state index is -0.117. The van der Waals surface area contributed by atoms with Gasteiger partial charge in [-0.2, -0.15) is 0 Å². The van der Waals surface area contributed by atoms with Gasteiger partial charge < -0.3 is 25.6 Å². The smallest absolute Gasteiger partial charge is 0.315 e. The summed E-state index contributed by atoms with van der Waals surface area (Å²) in [5.41, 5.74) is 2.68. The number of nitrogens with zero attached hydrogens (tertiary/aromatic N) is 1. The van der Waals surface area contributed by atoms with Gasteiger partial charge in [0.05, 0.1) is 12.7 Å². The molecule has 0 bridgehead atoms. The van der Waals surface area contributed by atoms with Crippen molar-refractivity contribution in [1.82, 2.24) is 16.0 Å². The highest BCUT2D eigenvalue weighted by molar-refractivity contribution is 5.99. The summed E-state index contributed by atoms with van der Waals surface area (Å²) < 4.78 is 5.39. The molecule has 3 rings (SSSR count). The topological polar surface area (TPSA) is 82.7 Å². The van der Waals surface area contributed by atoms with Crippen molar-refractivity contribution in [1.29, 1.82) is 0 Å². The third-order valence-corrected chi connectivity index (χ3v) is 5.61. The van der Waals surface area contributed by atoms with Crippen LogP contribution in [0.3, 0.4) is 0 Å². The van der Waals surface area contributed by atoms with E-state index >= 15 is 0 Å². The highest BCUT2D eigenvalue weighted by Gasteiger charge is 2.23. The first-order valence-corrected chi connectivity index (χ1v) is 11.3. The summed E-state index contributed by atoms with van der Waals surface area (Å²) in [5.74, 6) is 0.757. The molecule has 1 aliphatic heterocycles. The average Bonchev–Trinajstić information content (AvgIpc) is 2.79. The molecular formula is C25H34N4O3. The number of hydrogen-bond donors (Lipinski definition) is 3. The number of anilines is 1. The fraction of sp³-hybridized carbons (Fsp3) is 0.440. The third-order valence-electron chi connectivity index (χ3n) is 5.61. The fourth-order valence-electron chi connectivity index (χ4n) is 4.01. The molecule has 0 aliphatic carbocycles. The molecule has 32 heavy (non-hydrogen) atoms. The Bertz CT molecular complexity index is 908. The van der Waals surface area contributed by atoms with Gasteiger partial charge in [-0.05, 0) is 56.9 Å². The molecule has 0 radical (unpaired) electrons. The zero-order chi connectivity index (χ0) is 22.9. The minimum absolute atomic E-state index is 0.0768. The molecule has 172 valence electrons. The van der Waals surface area contributed by atoms with Crippen molar-refractivity contribution in [2.75, 3.05) is 31.6 Å². The van der Waals surface area contributed by atoms with E-state index in [1.165, 1.54) is 0 Å². The number of rotatable bonds is 8. The van der Waals surface area contributed by atoms with Crippen molar-refractivity contribution in [3.05, 3.63) is 59.7 Å². The number of carbonyl (C=O) groups excluding carboxylic acids is 2. The normalized spacial score (nSPS) is 14.2. The molecule has 0 unspecified atom stereocenters. The Morgan fingerprint density at radius 3 is 2.47 bits per heavy atom. The maximum absolute atomic E-state index is 12.9. The molecule has 0 aromatic heterocycles. The van der Waals surface area contributed by atoms with E-state index in [0.29, 0.717) is 18.5 Å². The largest absolute Gasteiger partial charge is 0.496 e. The van der Waals surface area contributed by atoms with E-state index in [1.807, 2.05) is 62.4 Å². The van der Waals surface area contributed by atoms with Crippen LogP contribution >= 0.6 is 0 Å². The second kappa shape index (κ2) is 11.4. The van der Waals surface area contributed by atoms with Crippen LogP contribution in [0.2, 0.25) is 0 Å². The number of carbonyl (C=O) groups is 2. The Morgan fingerprint density at radius 1 is 1.06 bits per heavy atom. The number of methoxy groups -OCH3 is 1. The van der Waals surface area contributed by atoms with Crippen molar-refractivity contribution < 1.29 is 14.3 Å². The molecule has 2 aromatic carbocycles. The minimum Gasteiger partial charge on any atom is -0.496 e. The molecule has 0 saturated carbocycles. The lowest BCUT2D eigenvalue weighted by Crippen LogP contribution is -2.49. The molecule has 3 amide bonds. The molecule has 1 heterocycles. The van der Waals surface area contributed by atoms with Gasteiger partial charge in [0.2, 0.25) is 0 Å². The first-order chi connectivity index (χ1) is 15.5. The number of hydrogen-bond acceptors (Lipinski definition) is 4. The van der Waals surface area contributed by atoms with Gasteiger partial charge in [0.15, 0.2) is 0 Å². The van der Waals surface area contributed by atoms with Crippen LogP contribution in [0.15, 0.2) is 48.5 Å². The van der Waals surface area contributed by atoms with Gasteiger partial charge in [0.25, 0.3) is 5.91 Å². The summed E-state index contributed by atoms with van der Waals surface area (Å²) in [6.07, 6.45) is 2.39. The van der Waals surface area contributed by atoms with E-state index in [-0.39, 0.29) is 24.0 Å². The fourth-order valence-corrected chi connectivity index (χ4v) is 4.01. The Kier molecular flexibility index (Phi) is 8.36. The van der Waals surface area contributed by atoms with E-state index < -0.39 is 0 Å². The molecule has 3 N–H and O–H groups in total. The third kappa shape index (κ3) is 6.39. The second-order valence-electron chi connectivity index (χ2n) is 8.37. The summed E-state index contributed by atoms with van der Waals surface area (Å²) in [6, 6.07) is 15.7. The lowest BCUT2D eigenvalue weighted by atomic mass is 10.0. The Balaban J connectivity index is 1.55. The van der Waals surface area contributed by atoms with E-state index in [2.05, 4.69) is 20.9 Å². The highest BCUT2D eigenvalue weighted by atomic mass is 16.5. The number of piperidine rings is 1. The van der Waals surface area contributed by atoms with Crippen molar-refractivity contribution in [2.45, 2.75) is 45.2 Å². The molecular weight excluding hydrogens is 404 g/mol. The predicted molar refractivity (Wildman–Crippen MR) is 128 cm³/mol. The van der Waals surface area contributed by atoms with Crippen LogP contribution in [0, 0.1) is 0 Å². The maximum Gasteiger partial charge on any atom is 0.315 e. The Hall–Kier alpha value is -3.22. The first-order valence-electron chi connectivity index (χ1n) is 11.3. The van der Waals surface area contributed by atoms with Gasteiger partial charge in [-0.1, -0.05) is 30.3 Å². The maximum atomic E-state index is 12.9. The monoisotopic (exact) mass is 438 g/mol. The molecule has 1 saturated heterocycles. The predicted octanol–water partition coefficient (Wildman–Crippen LogP) is 3.34. The van der Waals surface area contributed by atoms with Crippen molar-refractivity contribution in [2.24, 2.45) is 0 Å². The van der Waals surface area contributed by atoms with Gasteiger partial charge in [0.1, 0.15) is 5.75 Å². The quantitative estimate of drug-likeness (QED) is 0.590. The summed E-state index contributed by atoms with van der Waals surface area (Å²) in [7, 11) is 1.66. The highest BCUT2D eigenvalue weighted by Crippen LogP contribution is 2.24. The Labute approximate surface area is 190 Å². The second-order valence-corrected chi connectivity index (χ2v) is 8.37. The van der Waals surface area contributed by atoms with Crippen LogP contribution in [0.5, 0.6) is 5.75 Å². The molecule has 2 aromatic rings. The van der Waals surface area contributed by atoms with Crippen LogP contribution in [0.1, 0.15) is 42.6 Å². The van der Waals surface area contributed by atoms with Gasteiger partial charge in [0, 0.05) is 37.4 Å². The lowest BCUT2D eigenvalue weighted by Gasteiger charge is -2.35. The number of urea groups is 1. The molecule has 0 spiro atoms. The zero-order valence-electron chi connectivity index (χ0n) is 19.2. The molecule has 0 atom stereocenters. The number of para-hydroxylation sites is 2. The van der Waals surface area contributed by atoms with Gasteiger partial charge in [-0.3, -0.25) is 4.79 Å². The van der Waals surface area contributed by atoms with Gasteiger partial charge >= 0.3 is 6.03 Å². The number of nitrogens with one attached hydrogen (secondary N) is 3. The van der Waals surface area contributed by atoms with Gasteiger partial charge in [-0.25, -0.2) is 4.79 Å². The van der Waals surface area contributed by atoms with Crippen LogP contribution in [-0.2, 0) is 6.42 Å². The summed E-state index contributed by atoms with van der Waals surface area (Å²) in [6.45, 7) is 6.00. The van der Waals surface area contributed by atoms with E-state index in [0.717, 1.165) is 42.9 Å². The summed E-state index contributed by atoms with van der Waals surface area (Å²) in [5, 5.41) is 8.96. The van der Waals surface area contributed by atoms with E-state index in [4.69, 9.17) is 4.74 Å². The number of amides is 3.